The number of carbonyl (C=O) groups excluding carboxylic acids is 2. The summed E-state index contributed by atoms with van der Waals surface area (Å²) in [7, 11) is 1.41. The van der Waals surface area contributed by atoms with Crippen molar-refractivity contribution in [3.8, 4) is 0 Å². The smallest absolute Gasteiger partial charge is 0.330 e. The van der Waals surface area contributed by atoms with Gasteiger partial charge in [0.15, 0.2) is 6.10 Å². The second kappa shape index (κ2) is 8.67. The normalized spacial score (nSPS) is 31.1. The molecular formula is C15H22O7. The Morgan fingerprint density at radius 3 is 2.50 bits per heavy atom. The van der Waals surface area contributed by atoms with Crippen molar-refractivity contribution in [1.29, 1.82) is 0 Å². The molecule has 0 aromatic rings. The van der Waals surface area contributed by atoms with Crippen molar-refractivity contribution in [2.45, 2.75) is 37.3 Å². The number of hydrogen-bond donors (Lipinski definition) is 2. The molecule has 1 aliphatic rings. The highest BCUT2D eigenvalue weighted by atomic mass is 16.6. The number of methoxy groups -OCH3 is 1. The van der Waals surface area contributed by atoms with Gasteiger partial charge in [-0.15, -0.1) is 6.58 Å². The predicted molar refractivity (Wildman–Crippen MR) is 76.8 cm³/mol. The zero-order valence-electron chi connectivity index (χ0n) is 12.5. The average Bonchev–Trinajstić information content (AvgIpc) is 2.51. The summed E-state index contributed by atoms with van der Waals surface area (Å²) in [5.41, 5.74) is 0. The van der Waals surface area contributed by atoms with E-state index in [4.69, 9.17) is 14.2 Å². The van der Waals surface area contributed by atoms with Crippen LogP contribution < -0.4 is 0 Å². The van der Waals surface area contributed by atoms with Crippen LogP contribution in [0.2, 0.25) is 0 Å². The first-order chi connectivity index (χ1) is 10.4. The van der Waals surface area contributed by atoms with Gasteiger partial charge >= 0.3 is 11.9 Å². The topological polar surface area (TPSA) is 102 Å². The molecule has 0 bridgehead atoms. The van der Waals surface area contributed by atoms with Crippen LogP contribution in [0.4, 0.5) is 0 Å². The number of rotatable bonds is 7. The molecule has 0 aromatic heterocycles. The molecule has 0 radical (unpaired) electrons. The van der Waals surface area contributed by atoms with E-state index in [1.165, 1.54) is 13.2 Å². The van der Waals surface area contributed by atoms with Crippen LogP contribution in [0.15, 0.2) is 25.3 Å². The predicted octanol–water partition coefficient (Wildman–Crippen LogP) is -0.0398. The monoisotopic (exact) mass is 314 g/mol. The Hall–Kier alpha value is -1.70. The minimum atomic E-state index is -1.34. The second-order valence-corrected chi connectivity index (χ2v) is 5.03. The molecule has 1 saturated carbocycles. The Morgan fingerprint density at radius 2 is 1.95 bits per heavy atom. The second-order valence-electron chi connectivity index (χ2n) is 5.03. The number of aliphatic hydroxyl groups excluding tert-OH is 2. The van der Waals surface area contributed by atoms with Crippen molar-refractivity contribution in [3.63, 3.8) is 0 Å². The van der Waals surface area contributed by atoms with E-state index in [-0.39, 0.29) is 19.4 Å². The molecule has 5 atom stereocenters. The summed E-state index contributed by atoms with van der Waals surface area (Å²) in [5, 5.41) is 20.2. The van der Waals surface area contributed by atoms with E-state index in [0.717, 1.165) is 6.08 Å². The van der Waals surface area contributed by atoms with Crippen LogP contribution in [0.3, 0.4) is 0 Å². The van der Waals surface area contributed by atoms with Gasteiger partial charge in [-0.1, -0.05) is 12.7 Å². The zero-order valence-corrected chi connectivity index (χ0v) is 12.5. The Kier molecular flexibility index (Phi) is 7.23. The molecule has 1 fully saturated rings. The molecule has 7 heteroatoms. The zero-order chi connectivity index (χ0) is 16.7. The lowest BCUT2D eigenvalue weighted by molar-refractivity contribution is -0.196. The van der Waals surface area contributed by atoms with Gasteiger partial charge in [0, 0.05) is 19.1 Å². The van der Waals surface area contributed by atoms with Crippen LogP contribution in [0.5, 0.6) is 0 Å². The fourth-order valence-electron chi connectivity index (χ4n) is 2.37. The lowest BCUT2D eigenvalue weighted by Gasteiger charge is -2.41. The van der Waals surface area contributed by atoms with Crippen molar-refractivity contribution in [2.75, 3.05) is 13.7 Å². The Balaban J connectivity index is 2.70. The highest BCUT2D eigenvalue weighted by molar-refractivity contribution is 5.81. The maximum Gasteiger partial charge on any atom is 0.330 e. The van der Waals surface area contributed by atoms with Crippen LogP contribution in [0.1, 0.15) is 12.8 Å². The van der Waals surface area contributed by atoms with Gasteiger partial charge < -0.3 is 24.4 Å². The van der Waals surface area contributed by atoms with E-state index < -0.39 is 42.3 Å². The van der Waals surface area contributed by atoms with Crippen LogP contribution in [-0.4, -0.2) is 60.3 Å². The van der Waals surface area contributed by atoms with Gasteiger partial charge in [-0.3, -0.25) is 4.79 Å². The molecule has 0 aliphatic heterocycles. The van der Waals surface area contributed by atoms with Gasteiger partial charge in [-0.25, -0.2) is 4.79 Å². The van der Waals surface area contributed by atoms with Crippen LogP contribution in [-0.2, 0) is 23.8 Å². The molecule has 0 amide bonds. The first kappa shape index (κ1) is 18.3. The fourth-order valence-corrected chi connectivity index (χ4v) is 2.37. The van der Waals surface area contributed by atoms with E-state index in [1.807, 2.05) is 0 Å². The van der Waals surface area contributed by atoms with Crippen molar-refractivity contribution >= 4 is 11.9 Å². The number of carbonyl (C=O) groups is 2. The van der Waals surface area contributed by atoms with Gasteiger partial charge in [0.05, 0.1) is 25.2 Å². The van der Waals surface area contributed by atoms with Crippen LogP contribution >= 0.6 is 0 Å². The lowest BCUT2D eigenvalue weighted by atomic mass is 9.81. The number of aliphatic hydroxyl groups is 2. The Bertz CT molecular complexity index is 418. The Morgan fingerprint density at radius 1 is 1.27 bits per heavy atom. The highest BCUT2D eigenvalue weighted by Gasteiger charge is 2.46. The molecule has 22 heavy (non-hydrogen) atoms. The number of ether oxygens (including phenoxy) is 3. The molecule has 5 unspecified atom stereocenters. The van der Waals surface area contributed by atoms with E-state index in [2.05, 4.69) is 13.2 Å². The van der Waals surface area contributed by atoms with Crippen molar-refractivity contribution in [1.82, 2.24) is 0 Å². The summed E-state index contributed by atoms with van der Waals surface area (Å²) in [6.45, 7) is 6.64. The minimum Gasteiger partial charge on any atom is -0.465 e. The van der Waals surface area contributed by atoms with E-state index >= 15 is 0 Å². The molecule has 1 aliphatic carbocycles. The van der Waals surface area contributed by atoms with E-state index in [9.17, 15) is 19.8 Å². The number of hydrogen-bond acceptors (Lipinski definition) is 7. The molecular weight excluding hydrogens is 292 g/mol. The minimum absolute atomic E-state index is 0.0626. The third-order valence-electron chi connectivity index (χ3n) is 3.56. The summed E-state index contributed by atoms with van der Waals surface area (Å²) >= 11 is 0. The molecule has 7 nitrogen and oxygen atoms in total. The van der Waals surface area contributed by atoms with Gasteiger partial charge in [0.1, 0.15) is 6.10 Å². The average molecular weight is 314 g/mol. The van der Waals surface area contributed by atoms with E-state index in [1.54, 1.807) is 0 Å². The van der Waals surface area contributed by atoms with Gasteiger partial charge in [0.25, 0.3) is 0 Å². The van der Waals surface area contributed by atoms with Crippen molar-refractivity contribution < 1.29 is 34.0 Å². The van der Waals surface area contributed by atoms with Crippen LogP contribution in [0.25, 0.3) is 0 Å². The fraction of sp³-hybridized carbons (Fsp3) is 0.600. The molecule has 0 heterocycles. The third-order valence-corrected chi connectivity index (χ3v) is 3.56. The lowest BCUT2D eigenvalue weighted by Crippen LogP contribution is -2.56. The van der Waals surface area contributed by atoms with Crippen molar-refractivity contribution in [2.24, 2.45) is 5.92 Å². The largest absolute Gasteiger partial charge is 0.465 e. The SMILES string of the molecule is C=CCC(=O)OCC1CC(OC)C(OC(=O)C=C)C(O)C1O. The van der Waals surface area contributed by atoms with Gasteiger partial charge in [0.2, 0.25) is 0 Å². The summed E-state index contributed by atoms with van der Waals surface area (Å²) in [5.74, 6) is -1.70. The maximum absolute atomic E-state index is 11.3. The molecule has 124 valence electrons. The summed E-state index contributed by atoms with van der Waals surface area (Å²) in [6, 6.07) is 0. The van der Waals surface area contributed by atoms with E-state index in [0.29, 0.717) is 0 Å². The first-order valence-electron chi connectivity index (χ1n) is 6.93. The van der Waals surface area contributed by atoms with Crippen molar-refractivity contribution in [3.05, 3.63) is 25.3 Å². The molecule has 0 aromatic carbocycles. The molecule has 0 saturated heterocycles. The van der Waals surface area contributed by atoms with Crippen LogP contribution in [0, 0.1) is 5.92 Å². The van der Waals surface area contributed by atoms with Gasteiger partial charge in [-0.2, -0.15) is 0 Å². The standard InChI is InChI=1S/C15H22O7/c1-4-6-12(17)21-8-9-7-10(20-3)15(14(19)13(9)18)22-11(16)5-2/h4-5,9-10,13-15,18-19H,1-2,6-8H2,3H3. The Labute approximate surface area is 129 Å². The summed E-state index contributed by atoms with van der Waals surface area (Å²) in [6.07, 6.45) is -1.46. The summed E-state index contributed by atoms with van der Waals surface area (Å²) in [4.78, 5) is 22.6. The summed E-state index contributed by atoms with van der Waals surface area (Å²) < 4.78 is 15.2. The van der Waals surface area contributed by atoms with Gasteiger partial charge in [-0.05, 0) is 6.42 Å². The highest BCUT2D eigenvalue weighted by Crippen LogP contribution is 2.30. The molecule has 2 N–H and O–H groups in total. The quantitative estimate of drug-likeness (QED) is 0.386. The molecule has 0 spiro atoms. The third kappa shape index (κ3) is 4.66. The first-order valence-corrected chi connectivity index (χ1v) is 6.93. The molecule has 1 rings (SSSR count). The maximum atomic E-state index is 11.3. The number of esters is 2.